The van der Waals surface area contributed by atoms with Gasteiger partial charge >= 0.3 is 18.5 Å². The van der Waals surface area contributed by atoms with Crippen LogP contribution in [0.25, 0.3) is 0 Å². The van der Waals surface area contributed by atoms with Crippen molar-refractivity contribution in [3.8, 4) is 6.07 Å². The minimum Gasteiger partial charge on any atom is -0.387 e. The molecule has 1 aromatic carbocycles. The van der Waals surface area contributed by atoms with Gasteiger partial charge in [0.15, 0.2) is 6.10 Å². The summed E-state index contributed by atoms with van der Waals surface area (Å²) in [5.74, 6) is -2.50. The summed E-state index contributed by atoms with van der Waals surface area (Å²) in [5, 5.41) is 18.7. The highest BCUT2D eigenvalue weighted by Crippen LogP contribution is 2.40. The van der Waals surface area contributed by atoms with Crippen LogP contribution in [0.3, 0.4) is 0 Å². The first-order valence-electron chi connectivity index (χ1n) is 6.59. The molecule has 0 fully saturated rings. The highest BCUT2D eigenvalue weighted by Gasteiger charge is 2.49. The van der Waals surface area contributed by atoms with Crippen molar-refractivity contribution in [3.63, 3.8) is 0 Å². The van der Waals surface area contributed by atoms with Crippen molar-refractivity contribution >= 4 is 0 Å². The van der Waals surface area contributed by atoms with Gasteiger partial charge in [-0.05, 0) is 23.8 Å². The molecule has 0 saturated heterocycles. The lowest BCUT2D eigenvalue weighted by atomic mass is 9.89. The van der Waals surface area contributed by atoms with Gasteiger partial charge in [-0.1, -0.05) is 0 Å². The molecule has 1 N–H and O–H groups in total. The Hall–Kier alpha value is -2.00. The predicted molar refractivity (Wildman–Crippen MR) is 67.4 cm³/mol. The summed E-state index contributed by atoms with van der Waals surface area (Å²) < 4.78 is 119. The van der Waals surface area contributed by atoms with Crippen molar-refractivity contribution in [2.24, 2.45) is 5.92 Å². The third-order valence-electron chi connectivity index (χ3n) is 3.34. The maximum Gasteiger partial charge on any atom is 0.416 e. The van der Waals surface area contributed by atoms with Crippen LogP contribution in [0, 0.1) is 17.2 Å². The molecule has 0 aromatic heterocycles. The van der Waals surface area contributed by atoms with Gasteiger partial charge < -0.3 is 9.84 Å². The van der Waals surface area contributed by atoms with Crippen LogP contribution < -0.4 is 0 Å². The number of alkyl halides is 9. The molecule has 0 radical (unpaired) electrons. The molecule has 0 aliphatic carbocycles. The Balaban J connectivity index is 3.50. The van der Waals surface area contributed by atoms with Crippen LogP contribution in [0.2, 0.25) is 0 Å². The molecule has 0 aliphatic rings. The Morgan fingerprint density at radius 3 is 1.62 bits per heavy atom. The van der Waals surface area contributed by atoms with Gasteiger partial charge in [-0.25, -0.2) is 0 Å². The number of hydrogen-bond donors (Lipinski definition) is 1. The van der Waals surface area contributed by atoms with Crippen molar-refractivity contribution in [1.82, 2.24) is 0 Å². The van der Waals surface area contributed by atoms with E-state index in [0.717, 1.165) is 6.07 Å². The second kappa shape index (κ2) is 7.32. The number of hydrogen-bond acceptors (Lipinski definition) is 3. The second-order valence-electron chi connectivity index (χ2n) is 5.14. The Morgan fingerprint density at radius 2 is 1.35 bits per heavy atom. The molecule has 0 heterocycles. The number of benzene rings is 1. The van der Waals surface area contributed by atoms with Crippen molar-refractivity contribution < 1.29 is 49.4 Å². The molecule has 1 rings (SSSR count). The first-order chi connectivity index (χ1) is 11.6. The molecule has 3 atom stereocenters. The highest BCUT2D eigenvalue weighted by atomic mass is 19.4. The van der Waals surface area contributed by atoms with E-state index in [0.29, 0.717) is 7.11 Å². The molecule has 26 heavy (non-hydrogen) atoms. The van der Waals surface area contributed by atoms with Gasteiger partial charge in [-0.2, -0.15) is 44.8 Å². The number of ether oxygens (including phenoxy) is 1. The fourth-order valence-electron chi connectivity index (χ4n) is 2.14. The summed E-state index contributed by atoms with van der Waals surface area (Å²) in [6.07, 6.45) is -21.3. The quantitative estimate of drug-likeness (QED) is 0.766. The van der Waals surface area contributed by atoms with Crippen LogP contribution in [-0.4, -0.2) is 24.5 Å². The van der Waals surface area contributed by atoms with Gasteiger partial charge in [0.25, 0.3) is 0 Å². The van der Waals surface area contributed by atoms with Crippen molar-refractivity contribution in [2.45, 2.75) is 30.7 Å². The average Bonchev–Trinajstić information content (AvgIpc) is 2.48. The second-order valence-corrected chi connectivity index (χ2v) is 5.14. The van der Waals surface area contributed by atoms with E-state index in [1.807, 2.05) is 0 Å². The number of rotatable bonds is 4. The molecule has 0 bridgehead atoms. The number of methoxy groups -OCH3 is 1. The summed E-state index contributed by atoms with van der Waals surface area (Å²) >= 11 is 0. The first kappa shape index (κ1) is 22.0. The average molecular weight is 395 g/mol. The van der Waals surface area contributed by atoms with Crippen LogP contribution >= 0.6 is 0 Å². The third kappa shape index (κ3) is 5.01. The minimum atomic E-state index is -5.26. The van der Waals surface area contributed by atoms with Gasteiger partial charge in [0.2, 0.25) is 0 Å². The fraction of sp³-hybridized carbons (Fsp3) is 0.500. The van der Waals surface area contributed by atoms with Gasteiger partial charge in [0.05, 0.1) is 23.3 Å². The molecule has 12 heteroatoms. The molecule has 3 nitrogen and oxygen atoms in total. The Bertz CT molecular complexity index is 641. The lowest BCUT2D eigenvalue weighted by Gasteiger charge is -2.27. The zero-order chi connectivity index (χ0) is 20.5. The SMILES string of the molecule is COC(C(C#N)C(O)c1cc(C(F)(F)F)cc(C(F)(F)F)c1)C(F)(F)F. The number of nitriles is 1. The zero-order valence-electron chi connectivity index (χ0n) is 12.7. The maximum absolute atomic E-state index is 12.8. The number of aliphatic hydroxyl groups is 1. The van der Waals surface area contributed by atoms with Crippen LogP contribution in [0.15, 0.2) is 18.2 Å². The molecule has 0 amide bonds. The highest BCUT2D eigenvalue weighted by molar-refractivity contribution is 5.35. The fourth-order valence-corrected chi connectivity index (χ4v) is 2.14. The Labute approximate surface area is 140 Å². The van der Waals surface area contributed by atoms with Crippen LogP contribution in [-0.2, 0) is 17.1 Å². The van der Waals surface area contributed by atoms with Gasteiger partial charge in [0, 0.05) is 7.11 Å². The topological polar surface area (TPSA) is 53.2 Å². The summed E-state index contributed by atoms with van der Waals surface area (Å²) in [4.78, 5) is 0. The van der Waals surface area contributed by atoms with E-state index >= 15 is 0 Å². The molecule has 0 spiro atoms. The van der Waals surface area contributed by atoms with E-state index in [-0.39, 0.29) is 18.2 Å². The van der Waals surface area contributed by atoms with Gasteiger partial charge in [-0.15, -0.1) is 0 Å². The van der Waals surface area contributed by atoms with E-state index in [9.17, 15) is 44.6 Å². The summed E-state index contributed by atoms with van der Waals surface area (Å²) in [6, 6.07) is 0.860. The summed E-state index contributed by atoms with van der Waals surface area (Å²) in [5.41, 5.74) is -4.82. The van der Waals surface area contributed by atoms with E-state index in [1.54, 1.807) is 0 Å². The zero-order valence-corrected chi connectivity index (χ0v) is 12.7. The molecular weight excluding hydrogens is 385 g/mol. The number of nitrogens with zero attached hydrogens (tertiary/aromatic N) is 1. The lowest BCUT2D eigenvalue weighted by Crippen LogP contribution is -2.40. The molecule has 3 unspecified atom stereocenters. The molecule has 1 aromatic rings. The normalized spacial score (nSPS) is 16.7. The van der Waals surface area contributed by atoms with Gasteiger partial charge in [0.1, 0.15) is 5.92 Å². The van der Waals surface area contributed by atoms with Crippen molar-refractivity contribution in [2.75, 3.05) is 7.11 Å². The standard InChI is InChI=1S/C14H10F9NO2/c1-26-11(14(21,22)23)9(5-24)10(25)6-2-7(12(15,16)17)4-8(3-6)13(18,19)20/h2-4,9-11,25H,1H3. The predicted octanol–water partition coefficient (Wildman–Crippen LogP) is 4.47. The number of aliphatic hydroxyl groups excluding tert-OH is 1. The molecular formula is C14H10F9NO2. The van der Waals surface area contributed by atoms with E-state index < -0.39 is 53.3 Å². The largest absolute Gasteiger partial charge is 0.416 e. The first-order valence-corrected chi connectivity index (χ1v) is 6.59. The summed E-state index contributed by atoms with van der Waals surface area (Å²) in [6.45, 7) is 0. The van der Waals surface area contributed by atoms with Crippen LogP contribution in [0.1, 0.15) is 22.8 Å². The third-order valence-corrected chi connectivity index (χ3v) is 3.34. The molecule has 146 valence electrons. The van der Waals surface area contributed by atoms with Crippen LogP contribution in [0.5, 0.6) is 0 Å². The van der Waals surface area contributed by atoms with E-state index in [2.05, 4.69) is 4.74 Å². The maximum atomic E-state index is 12.8. The van der Waals surface area contributed by atoms with Crippen LogP contribution in [0.4, 0.5) is 39.5 Å². The molecule has 0 aliphatic heterocycles. The van der Waals surface area contributed by atoms with E-state index in [4.69, 9.17) is 5.26 Å². The Kier molecular flexibility index (Phi) is 6.20. The van der Waals surface area contributed by atoms with Crippen molar-refractivity contribution in [3.05, 3.63) is 34.9 Å². The van der Waals surface area contributed by atoms with Gasteiger partial charge in [-0.3, -0.25) is 0 Å². The van der Waals surface area contributed by atoms with Crippen molar-refractivity contribution in [1.29, 1.82) is 5.26 Å². The monoisotopic (exact) mass is 395 g/mol. The minimum absolute atomic E-state index is 0.0489. The van der Waals surface area contributed by atoms with E-state index in [1.165, 1.54) is 0 Å². The summed E-state index contributed by atoms with van der Waals surface area (Å²) in [7, 11) is 0.530. The Morgan fingerprint density at radius 1 is 0.923 bits per heavy atom. The number of halogens is 9. The lowest BCUT2D eigenvalue weighted by molar-refractivity contribution is -0.231. The molecule has 0 saturated carbocycles. The smallest absolute Gasteiger partial charge is 0.387 e.